The molecule has 0 aliphatic carbocycles. The number of phenols is 1. The summed E-state index contributed by atoms with van der Waals surface area (Å²) < 4.78 is 10.6. The summed E-state index contributed by atoms with van der Waals surface area (Å²) in [5, 5.41) is 11.3. The standard InChI is InChI=1S/C18H12ClNO3/c19-14-8-11(9-16-18(14)23-10-22-16)4-6-13-7-5-12-2-1-3-15(21)17(12)20-13/h1-9,21H,10H2. The van der Waals surface area contributed by atoms with E-state index in [0.717, 1.165) is 16.6 Å². The molecular formula is C18H12ClNO3. The van der Waals surface area contributed by atoms with Crippen LogP contribution in [0.4, 0.5) is 0 Å². The van der Waals surface area contributed by atoms with Gasteiger partial charge < -0.3 is 14.6 Å². The SMILES string of the molecule is Oc1cccc2ccc(C=Cc3cc(Cl)c4c(c3)OCO4)nc12. The number of rotatable bonds is 2. The normalized spacial score (nSPS) is 13.1. The van der Waals surface area contributed by atoms with Crippen LogP contribution >= 0.6 is 11.6 Å². The van der Waals surface area contributed by atoms with Gasteiger partial charge in [0.05, 0.1) is 10.7 Å². The maximum atomic E-state index is 9.89. The van der Waals surface area contributed by atoms with E-state index >= 15 is 0 Å². The van der Waals surface area contributed by atoms with Crippen LogP contribution in [0.3, 0.4) is 0 Å². The Hall–Kier alpha value is -2.72. The number of halogens is 1. The van der Waals surface area contributed by atoms with Crippen molar-refractivity contribution in [3.63, 3.8) is 0 Å². The van der Waals surface area contributed by atoms with E-state index in [0.29, 0.717) is 22.0 Å². The highest BCUT2D eigenvalue weighted by molar-refractivity contribution is 6.32. The molecule has 4 nitrogen and oxygen atoms in total. The number of para-hydroxylation sites is 1. The van der Waals surface area contributed by atoms with Crippen molar-refractivity contribution in [2.45, 2.75) is 0 Å². The van der Waals surface area contributed by atoms with E-state index in [1.54, 1.807) is 12.1 Å². The van der Waals surface area contributed by atoms with E-state index in [1.165, 1.54) is 0 Å². The second kappa shape index (κ2) is 5.48. The molecule has 0 spiro atoms. The highest BCUT2D eigenvalue weighted by Gasteiger charge is 2.17. The minimum atomic E-state index is 0.170. The Labute approximate surface area is 137 Å². The molecule has 2 heterocycles. The van der Waals surface area contributed by atoms with Gasteiger partial charge in [0, 0.05) is 5.39 Å². The van der Waals surface area contributed by atoms with Gasteiger partial charge in [-0.25, -0.2) is 4.98 Å². The number of hydrogen-bond acceptors (Lipinski definition) is 4. The van der Waals surface area contributed by atoms with Crippen LogP contribution in [0.25, 0.3) is 23.1 Å². The van der Waals surface area contributed by atoms with E-state index in [4.69, 9.17) is 21.1 Å². The van der Waals surface area contributed by atoms with E-state index < -0.39 is 0 Å². The topological polar surface area (TPSA) is 51.6 Å². The molecule has 3 aromatic rings. The highest BCUT2D eigenvalue weighted by atomic mass is 35.5. The Balaban J connectivity index is 1.69. The van der Waals surface area contributed by atoms with E-state index in [2.05, 4.69) is 4.98 Å². The van der Waals surface area contributed by atoms with Crippen LogP contribution in [-0.4, -0.2) is 16.9 Å². The van der Waals surface area contributed by atoms with E-state index in [1.807, 2.05) is 42.5 Å². The maximum absolute atomic E-state index is 9.89. The van der Waals surface area contributed by atoms with Crippen molar-refractivity contribution in [3.8, 4) is 17.2 Å². The molecule has 4 rings (SSSR count). The number of aromatic nitrogens is 1. The van der Waals surface area contributed by atoms with Gasteiger partial charge in [0.2, 0.25) is 6.79 Å². The number of nitrogens with zero attached hydrogens (tertiary/aromatic N) is 1. The van der Waals surface area contributed by atoms with Crippen LogP contribution in [0, 0.1) is 0 Å². The predicted octanol–water partition coefficient (Wildman–Crippen LogP) is 4.49. The maximum Gasteiger partial charge on any atom is 0.231 e. The summed E-state index contributed by atoms with van der Waals surface area (Å²) in [6.45, 7) is 0.188. The van der Waals surface area contributed by atoms with Crippen molar-refractivity contribution in [1.29, 1.82) is 0 Å². The third kappa shape index (κ3) is 2.58. The minimum Gasteiger partial charge on any atom is -0.506 e. The lowest BCUT2D eigenvalue weighted by molar-refractivity contribution is 0.174. The summed E-state index contributed by atoms with van der Waals surface area (Å²) >= 11 is 6.17. The Kier molecular flexibility index (Phi) is 3.32. The van der Waals surface area contributed by atoms with Crippen molar-refractivity contribution in [2.75, 3.05) is 6.79 Å². The van der Waals surface area contributed by atoms with Crippen molar-refractivity contribution < 1.29 is 14.6 Å². The van der Waals surface area contributed by atoms with Crippen LogP contribution < -0.4 is 9.47 Å². The number of ether oxygens (including phenoxy) is 2. The summed E-state index contributed by atoms with van der Waals surface area (Å²) in [6, 6.07) is 12.8. The van der Waals surface area contributed by atoms with Crippen LogP contribution in [0.1, 0.15) is 11.3 Å². The highest BCUT2D eigenvalue weighted by Crippen LogP contribution is 2.40. The number of hydrogen-bond donors (Lipinski definition) is 1. The molecule has 114 valence electrons. The molecule has 23 heavy (non-hydrogen) atoms. The molecule has 0 atom stereocenters. The van der Waals surface area contributed by atoms with Gasteiger partial charge in [-0.15, -0.1) is 0 Å². The van der Waals surface area contributed by atoms with Crippen LogP contribution in [-0.2, 0) is 0 Å². The molecular weight excluding hydrogens is 314 g/mol. The smallest absolute Gasteiger partial charge is 0.231 e. The second-order valence-corrected chi connectivity index (χ2v) is 5.56. The fraction of sp³-hybridized carbons (Fsp3) is 0.0556. The van der Waals surface area contributed by atoms with Gasteiger partial charge in [-0.3, -0.25) is 0 Å². The average molecular weight is 326 g/mol. The largest absolute Gasteiger partial charge is 0.506 e. The first-order valence-corrected chi connectivity index (χ1v) is 7.44. The molecule has 0 saturated carbocycles. The number of fused-ring (bicyclic) bond motifs is 2. The quantitative estimate of drug-likeness (QED) is 0.754. The molecule has 1 N–H and O–H groups in total. The van der Waals surface area contributed by atoms with Crippen molar-refractivity contribution in [3.05, 3.63) is 58.7 Å². The van der Waals surface area contributed by atoms with Gasteiger partial charge in [0.1, 0.15) is 11.3 Å². The van der Waals surface area contributed by atoms with Crippen LogP contribution in [0.5, 0.6) is 17.2 Å². The molecule has 0 radical (unpaired) electrons. The fourth-order valence-electron chi connectivity index (χ4n) is 2.50. The molecule has 0 fully saturated rings. The average Bonchev–Trinajstić information content (AvgIpc) is 3.03. The Morgan fingerprint density at radius 3 is 2.91 bits per heavy atom. The number of pyridine rings is 1. The summed E-state index contributed by atoms with van der Waals surface area (Å²) in [5.41, 5.74) is 2.21. The van der Waals surface area contributed by atoms with Crippen molar-refractivity contribution >= 4 is 34.7 Å². The zero-order valence-corrected chi connectivity index (χ0v) is 12.7. The first-order valence-electron chi connectivity index (χ1n) is 7.07. The zero-order valence-electron chi connectivity index (χ0n) is 12.0. The fourth-order valence-corrected chi connectivity index (χ4v) is 2.78. The Morgan fingerprint density at radius 1 is 1.09 bits per heavy atom. The van der Waals surface area contributed by atoms with Gasteiger partial charge in [0.15, 0.2) is 11.5 Å². The molecule has 1 aliphatic rings. The third-order valence-corrected chi connectivity index (χ3v) is 3.90. The third-order valence-electron chi connectivity index (χ3n) is 3.62. The summed E-state index contributed by atoms with van der Waals surface area (Å²) in [6.07, 6.45) is 3.75. The minimum absolute atomic E-state index is 0.170. The molecule has 0 unspecified atom stereocenters. The van der Waals surface area contributed by atoms with Gasteiger partial charge in [-0.1, -0.05) is 35.9 Å². The van der Waals surface area contributed by atoms with Crippen molar-refractivity contribution in [1.82, 2.24) is 4.98 Å². The first-order chi connectivity index (χ1) is 11.2. The first kappa shape index (κ1) is 13.9. The molecule has 0 saturated heterocycles. The molecule has 0 bridgehead atoms. The van der Waals surface area contributed by atoms with Gasteiger partial charge in [-0.05, 0) is 35.9 Å². The van der Waals surface area contributed by atoms with Crippen LogP contribution in [0.2, 0.25) is 5.02 Å². The molecule has 1 aromatic heterocycles. The van der Waals surface area contributed by atoms with E-state index in [9.17, 15) is 5.11 Å². The van der Waals surface area contributed by atoms with E-state index in [-0.39, 0.29) is 12.5 Å². The molecule has 1 aliphatic heterocycles. The summed E-state index contributed by atoms with van der Waals surface area (Å²) in [7, 11) is 0. The Bertz CT molecular complexity index is 937. The van der Waals surface area contributed by atoms with Crippen molar-refractivity contribution in [2.24, 2.45) is 0 Å². The lowest BCUT2D eigenvalue weighted by Crippen LogP contribution is -1.93. The summed E-state index contributed by atoms with van der Waals surface area (Å²) in [4.78, 5) is 4.46. The second-order valence-electron chi connectivity index (χ2n) is 5.15. The van der Waals surface area contributed by atoms with Gasteiger partial charge in [-0.2, -0.15) is 0 Å². The number of benzene rings is 2. The van der Waals surface area contributed by atoms with Gasteiger partial charge >= 0.3 is 0 Å². The van der Waals surface area contributed by atoms with Gasteiger partial charge in [0.25, 0.3) is 0 Å². The summed E-state index contributed by atoms with van der Waals surface area (Å²) in [5.74, 6) is 1.39. The lowest BCUT2D eigenvalue weighted by Gasteiger charge is -2.02. The van der Waals surface area contributed by atoms with Crippen LogP contribution in [0.15, 0.2) is 42.5 Å². The monoisotopic (exact) mass is 325 g/mol. The Morgan fingerprint density at radius 2 is 2.00 bits per heavy atom. The predicted molar refractivity (Wildman–Crippen MR) is 89.9 cm³/mol. The number of phenolic OH excluding ortho intramolecular Hbond substituents is 1. The zero-order chi connectivity index (χ0) is 15.8. The molecule has 2 aromatic carbocycles. The number of aromatic hydroxyl groups is 1. The molecule has 0 amide bonds. The molecule has 5 heteroatoms. The lowest BCUT2D eigenvalue weighted by atomic mass is 10.1.